The van der Waals surface area contributed by atoms with Gasteiger partial charge in [0.25, 0.3) is 0 Å². The van der Waals surface area contributed by atoms with Gasteiger partial charge in [-0.2, -0.15) is 0 Å². The Balaban J connectivity index is 0.00000162. The molecule has 0 saturated heterocycles. The Labute approximate surface area is 123 Å². The second kappa shape index (κ2) is 7.59. The molecule has 1 heterocycles. The van der Waals surface area contributed by atoms with E-state index in [1.807, 2.05) is 24.3 Å². The van der Waals surface area contributed by atoms with Crippen LogP contribution in [-0.4, -0.2) is 4.98 Å². The van der Waals surface area contributed by atoms with E-state index in [1.54, 1.807) is 18.5 Å². The van der Waals surface area contributed by atoms with Gasteiger partial charge in [-0.1, -0.05) is 29.3 Å². The zero-order valence-electron chi connectivity index (χ0n) is 9.57. The van der Waals surface area contributed by atoms with Crippen molar-refractivity contribution in [3.05, 3.63) is 63.9 Å². The molecule has 0 spiro atoms. The topological polar surface area (TPSA) is 24.9 Å². The first-order valence-electron chi connectivity index (χ1n) is 5.29. The van der Waals surface area contributed by atoms with Crippen LogP contribution in [0.2, 0.25) is 10.0 Å². The largest absolute Gasteiger partial charge is 0.309 e. The van der Waals surface area contributed by atoms with Crippen molar-refractivity contribution < 1.29 is 0 Å². The van der Waals surface area contributed by atoms with Gasteiger partial charge in [0.05, 0.1) is 0 Å². The molecule has 0 amide bonds. The second-order valence-electron chi connectivity index (χ2n) is 3.69. The molecule has 0 unspecified atom stereocenters. The van der Waals surface area contributed by atoms with Gasteiger partial charge in [0, 0.05) is 35.5 Å². The van der Waals surface area contributed by atoms with Crippen LogP contribution in [-0.2, 0) is 13.1 Å². The van der Waals surface area contributed by atoms with Crippen LogP contribution in [0.25, 0.3) is 0 Å². The third kappa shape index (κ3) is 4.46. The summed E-state index contributed by atoms with van der Waals surface area (Å²) < 4.78 is 0. The van der Waals surface area contributed by atoms with E-state index in [1.165, 1.54) is 5.56 Å². The van der Waals surface area contributed by atoms with E-state index in [0.717, 1.165) is 18.7 Å². The first kappa shape index (κ1) is 15.3. The third-order valence-corrected chi connectivity index (χ3v) is 3.00. The lowest BCUT2D eigenvalue weighted by Crippen LogP contribution is -2.12. The molecule has 0 aliphatic heterocycles. The summed E-state index contributed by atoms with van der Waals surface area (Å²) >= 11 is 11.9. The van der Waals surface area contributed by atoms with E-state index >= 15 is 0 Å². The fraction of sp³-hybridized carbons (Fsp3) is 0.154. The molecule has 2 aromatic rings. The Kier molecular flexibility index (Phi) is 6.44. The maximum absolute atomic E-state index is 6.08. The number of halogens is 3. The lowest BCUT2D eigenvalue weighted by molar-refractivity contribution is 0.693. The molecule has 0 saturated carbocycles. The molecule has 1 aromatic heterocycles. The normalized spacial score (nSPS) is 9.89. The quantitative estimate of drug-likeness (QED) is 0.920. The van der Waals surface area contributed by atoms with Gasteiger partial charge in [0.1, 0.15) is 0 Å². The molecule has 18 heavy (non-hydrogen) atoms. The van der Waals surface area contributed by atoms with Gasteiger partial charge in [-0.25, -0.2) is 0 Å². The molecule has 5 heteroatoms. The van der Waals surface area contributed by atoms with Gasteiger partial charge in [-0.05, 0) is 35.4 Å². The van der Waals surface area contributed by atoms with Crippen LogP contribution in [0.1, 0.15) is 11.1 Å². The zero-order valence-corrected chi connectivity index (χ0v) is 11.9. The number of nitrogens with one attached hydrogen (secondary N) is 1. The highest BCUT2D eigenvalue weighted by Crippen LogP contribution is 2.20. The van der Waals surface area contributed by atoms with Gasteiger partial charge in [0.15, 0.2) is 0 Å². The average Bonchev–Trinajstić information content (AvgIpc) is 2.33. The smallest absolute Gasteiger partial charge is 0.0465 e. The fourth-order valence-corrected chi connectivity index (χ4v) is 1.98. The minimum Gasteiger partial charge on any atom is -0.309 e. The highest BCUT2D eigenvalue weighted by atomic mass is 35.5. The van der Waals surface area contributed by atoms with Crippen molar-refractivity contribution in [2.75, 3.05) is 0 Å². The van der Waals surface area contributed by atoms with E-state index in [9.17, 15) is 0 Å². The SMILES string of the molecule is Cl.Clc1ccc(CNCc2ccncc2)c(Cl)c1. The summed E-state index contributed by atoms with van der Waals surface area (Å²) in [6.07, 6.45) is 3.57. The first-order valence-corrected chi connectivity index (χ1v) is 6.05. The van der Waals surface area contributed by atoms with Crippen LogP contribution in [0.3, 0.4) is 0 Å². The third-order valence-electron chi connectivity index (χ3n) is 2.41. The average molecular weight is 304 g/mol. The van der Waals surface area contributed by atoms with E-state index in [2.05, 4.69) is 10.3 Å². The number of pyridine rings is 1. The van der Waals surface area contributed by atoms with Gasteiger partial charge in [0.2, 0.25) is 0 Å². The number of hydrogen-bond acceptors (Lipinski definition) is 2. The Morgan fingerprint density at radius 2 is 1.72 bits per heavy atom. The van der Waals surface area contributed by atoms with Gasteiger partial charge in [-0.15, -0.1) is 12.4 Å². The standard InChI is InChI=1S/C13H12Cl2N2.ClH/c14-12-2-1-11(13(15)7-12)9-17-8-10-3-5-16-6-4-10;/h1-7,17H,8-9H2;1H. The molecule has 96 valence electrons. The molecule has 0 bridgehead atoms. The Morgan fingerprint density at radius 3 is 2.39 bits per heavy atom. The Morgan fingerprint density at radius 1 is 1.00 bits per heavy atom. The summed E-state index contributed by atoms with van der Waals surface area (Å²) in [5, 5.41) is 4.68. The maximum atomic E-state index is 6.08. The van der Waals surface area contributed by atoms with Crippen LogP contribution in [0, 0.1) is 0 Å². The van der Waals surface area contributed by atoms with E-state index in [4.69, 9.17) is 23.2 Å². The summed E-state index contributed by atoms with van der Waals surface area (Å²) in [5.41, 5.74) is 2.25. The van der Waals surface area contributed by atoms with Crippen LogP contribution >= 0.6 is 35.6 Å². The van der Waals surface area contributed by atoms with E-state index in [-0.39, 0.29) is 12.4 Å². The van der Waals surface area contributed by atoms with Crippen LogP contribution in [0.4, 0.5) is 0 Å². The lowest BCUT2D eigenvalue weighted by Gasteiger charge is -2.07. The summed E-state index contributed by atoms with van der Waals surface area (Å²) in [6.45, 7) is 1.51. The molecule has 0 fully saturated rings. The number of rotatable bonds is 4. The summed E-state index contributed by atoms with van der Waals surface area (Å²) in [7, 11) is 0. The first-order chi connectivity index (χ1) is 8.25. The van der Waals surface area contributed by atoms with Gasteiger partial charge in [-0.3, -0.25) is 4.98 Å². The fourth-order valence-electron chi connectivity index (χ4n) is 1.51. The summed E-state index contributed by atoms with van der Waals surface area (Å²) in [4.78, 5) is 3.97. The number of hydrogen-bond donors (Lipinski definition) is 1. The van der Waals surface area contributed by atoms with Crippen LogP contribution < -0.4 is 5.32 Å². The minimum absolute atomic E-state index is 0. The predicted octanol–water partition coefficient (Wildman–Crippen LogP) is 4.10. The summed E-state index contributed by atoms with van der Waals surface area (Å²) in [5.74, 6) is 0. The molecule has 2 rings (SSSR count). The number of aromatic nitrogens is 1. The van der Waals surface area contributed by atoms with Gasteiger partial charge >= 0.3 is 0 Å². The van der Waals surface area contributed by atoms with Crippen molar-refractivity contribution in [3.8, 4) is 0 Å². The minimum atomic E-state index is 0. The van der Waals surface area contributed by atoms with E-state index < -0.39 is 0 Å². The monoisotopic (exact) mass is 302 g/mol. The Hall–Kier alpha value is -0.800. The van der Waals surface area contributed by atoms with Crippen molar-refractivity contribution in [1.82, 2.24) is 10.3 Å². The molecule has 1 aromatic carbocycles. The maximum Gasteiger partial charge on any atom is 0.0465 e. The molecule has 0 aliphatic carbocycles. The number of benzene rings is 1. The molecule has 0 atom stereocenters. The Bertz CT molecular complexity index is 489. The molecular weight excluding hydrogens is 291 g/mol. The van der Waals surface area contributed by atoms with E-state index in [0.29, 0.717) is 10.0 Å². The van der Waals surface area contributed by atoms with Crippen molar-refractivity contribution >= 4 is 35.6 Å². The molecule has 0 radical (unpaired) electrons. The highest BCUT2D eigenvalue weighted by Gasteiger charge is 2.00. The summed E-state index contributed by atoms with van der Waals surface area (Å²) in [6, 6.07) is 9.50. The second-order valence-corrected chi connectivity index (χ2v) is 4.54. The van der Waals surface area contributed by atoms with Gasteiger partial charge < -0.3 is 5.32 Å². The van der Waals surface area contributed by atoms with Crippen molar-refractivity contribution in [2.45, 2.75) is 13.1 Å². The van der Waals surface area contributed by atoms with Crippen LogP contribution in [0.15, 0.2) is 42.7 Å². The van der Waals surface area contributed by atoms with Crippen molar-refractivity contribution in [1.29, 1.82) is 0 Å². The zero-order chi connectivity index (χ0) is 12.1. The predicted molar refractivity (Wildman–Crippen MR) is 78.5 cm³/mol. The van der Waals surface area contributed by atoms with Crippen molar-refractivity contribution in [2.24, 2.45) is 0 Å². The lowest BCUT2D eigenvalue weighted by atomic mass is 10.2. The molecule has 2 nitrogen and oxygen atoms in total. The molecule has 0 aliphatic rings. The van der Waals surface area contributed by atoms with Crippen LogP contribution in [0.5, 0.6) is 0 Å². The number of nitrogens with zero attached hydrogens (tertiary/aromatic N) is 1. The molecular formula is C13H13Cl3N2. The molecule has 1 N–H and O–H groups in total. The highest BCUT2D eigenvalue weighted by molar-refractivity contribution is 6.35. The van der Waals surface area contributed by atoms with Crippen molar-refractivity contribution in [3.63, 3.8) is 0 Å².